The van der Waals surface area contributed by atoms with E-state index >= 15 is 0 Å². The molecule has 0 aromatic heterocycles. The van der Waals surface area contributed by atoms with Crippen molar-refractivity contribution in [3.05, 3.63) is 35.4 Å². The van der Waals surface area contributed by atoms with Crippen LogP contribution >= 0.6 is 0 Å². The van der Waals surface area contributed by atoms with Crippen molar-refractivity contribution >= 4 is 0 Å². The first kappa shape index (κ1) is 13.7. The molecule has 1 nitrogen and oxygen atoms in total. The predicted octanol–water partition coefficient (Wildman–Crippen LogP) is 3.52. The average molecular weight is 237 g/mol. The van der Waals surface area contributed by atoms with Gasteiger partial charge in [-0.3, -0.25) is 5.32 Å². The van der Waals surface area contributed by atoms with Gasteiger partial charge in [0.2, 0.25) is 0 Å². The van der Waals surface area contributed by atoms with E-state index in [1.807, 2.05) is 6.07 Å². The lowest BCUT2D eigenvalue weighted by molar-refractivity contribution is 0.151. The number of terminal acetylenes is 1. The van der Waals surface area contributed by atoms with E-state index in [0.717, 1.165) is 18.4 Å². The molecule has 1 rings (SSSR count). The molecular weight excluding hydrogens is 220 g/mol. The van der Waals surface area contributed by atoms with Gasteiger partial charge < -0.3 is 0 Å². The first-order valence-corrected chi connectivity index (χ1v) is 5.73. The monoisotopic (exact) mass is 237 g/mol. The molecule has 0 bridgehead atoms. The van der Waals surface area contributed by atoms with Crippen molar-refractivity contribution in [1.82, 2.24) is 5.32 Å². The quantitative estimate of drug-likeness (QED) is 0.746. The third-order valence-electron chi connectivity index (χ3n) is 2.53. The zero-order valence-corrected chi connectivity index (χ0v) is 9.92. The minimum Gasteiger partial charge on any atom is -0.300 e. The summed E-state index contributed by atoms with van der Waals surface area (Å²) in [6, 6.07) is 6.41. The fraction of sp³-hybridized carbons (Fsp3) is 0.429. The van der Waals surface area contributed by atoms with Crippen LogP contribution in [0, 0.1) is 12.3 Å². The molecule has 0 aliphatic carbocycles. The van der Waals surface area contributed by atoms with E-state index in [9.17, 15) is 8.78 Å². The second-order valence-corrected chi connectivity index (χ2v) is 3.93. The van der Waals surface area contributed by atoms with Gasteiger partial charge in [-0.15, -0.1) is 6.42 Å². The Morgan fingerprint density at radius 1 is 1.41 bits per heavy atom. The van der Waals surface area contributed by atoms with Crippen LogP contribution < -0.4 is 5.32 Å². The Hall–Kier alpha value is -1.40. The highest BCUT2D eigenvalue weighted by Crippen LogP contribution is 2.19. The minimum absolute atomic E-state index is 0.00945. The van der Waals surface area contributed by atoms with Crippen molar-refractivity contribution in [3.8, 4) is 12.3 Å². The maximum Gasteiger partial charge on any atom is 0.263 e. The molecule has 3 heteroatoms. The van der Waals surface area contributed by atoms with E-state index in [0.29, 0.717) is 6.54 Å². The van der Waals surface area contributed by atoms with Crippen molar-refractivity contribution in [2.75, 3.05) is 0 Å². The molecule has 0 fully saturated rings. The van der Waals surface area contributed by atoms with E-state index in [4.69, 9.17) is 6.42 Å². The van der Waals surface area contributed by atoms with E-state index < -0.39 is 6.43 Å². The molecule has 1 N–H and O–H groups in total. The van der Waals surface area contributed by atoms with Gasteiger partial charge in [0.25, 0.3) is 6.43 Å². The average Bonchev–Trinajstić information content (AvgIpc) is 2.34. The summed E-state index contributed by atoms with van der Waals surface area (Å²) in [6.45, 7) is 2.58. The normalized spacial score (nSPS) is 12.4. The predicted molar refractivity (Wildman–Crippen MR) is 65.8 cm³/mol. The number of hydrogen-bond acceptors (Lipinski definition) is 1. The van der Waals surface area contributed by atoms with Gasteiger partial charge >= 0.3 is 0 Å². The van der Waals surface area contributed by atoms with Crippen LogP contribution in [-0.4, -0.2) is 6.04 Å². The highest BCUT2D eigenvalue weighted by Gasteiger charge is 2.08. The molecule has 0 heterocycles. The topological polar surface area (TPSA) is 12.0 Å². The molecule has 1 aromatic carbocycles. The van der Waals surface area contributed by atoms with Crippen LogP contribution in [0.5, 0.6) is 0 Å². The summed E-state index contributed by atoms with van der Waals surface area (Å²) >= 11 is 0. The van der Waals surface area contributed by atoms with Crippen LogP contribution in [0.4, 0.5) is 8.78 Å². The summed E-state index contributed by atoms with van der Waals surface area (Å²) in [5, 5.41) is 3.17. The van der Waals surface area contributed by atoms with Gasteiger partial charge in [0.1, 0.15) is 0 Å². The Bertz CT molecular complexity index is 382. The number of alkyl halides is 2. The van der Waals surface area contributed by atoms with Gasteiger partial charge in [0, 0.05) is 12.1 Å². The number of nitrogens with one attached hydrogen (secondary N) is 1. The third kappa shape index (κ3) is 4.54. The zero-order chi connectivity index (χ0) is 12.7. The van der Waals surface area contributed by atoms with Gasteiger partial charge in [-0.25, -0.2) is 8.78 Å². The lowest BCUT2D eigenvalue weighted by Crippen LogP contribution is -2.26. The summed E-state index contributed by atoms with van der Waals surface area (Å²) in [6.07, 6.45) is 4.84. The molecule has 0 amide bonds. The Labute approximate surface area is 101 Å². The molecule has 0 spiro atoms. The maximum absolute atomic E-state index is 12.5. The summed E-state index contributed by atoms with van der Waals surface area (Å²) in [4.78, 5) is 0. The lowest BCUT2D eigenvalue weighted by atomic mass is 10.1. The summed E-state index contributed by atoms with van der Waals surface area (Å²) in [5.74, 6) is 2.65. The van der Waals surface area contributed by atoms with Crippen molar-refractivity contribution in [2.24, 2.45) is 0 Å². The van der Waals surface area contributed by atoms with E-state index in [2.05, 4.69) is 18.2 Å². The number of rotatable bonds is 6. The Morgan fingerprint density at radius 3 is 2.76 bits per heavy atom. The maximum atomic E-state index is 12.5. The largest absolute Gasteiger partial charge is 0.300 e. The first-order valence-electron chi connectivity index (χ1n) is 5.73. The molecular formula is C14H17F2N. The van der Waals surface area contributed by atoms with Crippen LogP contribution in [0.1, 0.15) is 37.3 Å². The SMILES string of the molecule is C#CC(CCC)NCc1cccc(C(F)F)c1. The van der Waals surface area contributed by atoms with E-state index in [1.54, 1.807) is 6.07 Å². The molecule has 17 heavy (non-hydrogen) atoms. The second-order valence-electron chi connectivity index (χ2n) is 3.93. The zero-order valence-electron chi connectivity index (χ0n) is 9.92. The van der Waals surface area contributed by atoms with Gasteiger partial charge in [-0.1, -0.05) is 37.5 Å². The molecule has 0 aliphatic heterocycles. The third-order valence-corrected chi connectivity index (χ3v) is 2.53. The fourth-order valence-electron chi connectivity index (χ4n) is 1.61. The van der Waals surface area contributed by atoms with Crippen LogP contribution in [0.25, 0.3) is 0 Å². The van der Waals surface area contributed by atoms with Gasteiger partial charge in [0.15, 0.2) is 0 Å². The summed E-state index contributed by atoms with van der Waals surface area (Å²) in [5.41, 5.74) is 0.885. The Balaban J connectivity index is 2.57. The highest BCUT2D eigenvalue weighted by molar-refractivity contribution is 5.24. The highest BCUT2D eigenvalue weighted by atomic mass is 19.3. The smallest absolute Gasteiger partial charge is 0.263 e. The van der Waals surface area contributed by atoms with Gasteiger partial charge in [-0.2, -0.15) is 0 Å². The van der Waals surface area contributed by atoms with Crippen LogP contribution in [0.2, 0.25) is 0 Å². The van der Waals surface area contributed by atoms with Crippen LogP contribution in [0.3, 0.4) is 0 Å². The Morgan fingerprint density at radius 2 is 2.18 bits per heavy atom. The number of benzene rings is 1. The van der Waals surface area contributed by atoms with Gasteiger partial charge in [-0.05, 0) is 18.1 Å². The minimum atomic E-state index is -2.42. The van der Waals surface area contributed by atoms with Crippen molar-refractivity contribution in [1.29, 1.82) is 0 Å². The van der Waals surface area contributed by atoms with Crippen molar-refractivity contribution < 1.29 is 8.78 Å². The van der Waals surface area contributed by atoms with Crippen molar-refractivity contribution in [2.45, 2.75) is 38.8 Å². The summed E-state index contributed by atoms with van der Waals surface area (Å²) in [7, 11) is 0. The molecule has 92 valence electrons. The molecule has 0 aliphatic rings. The van der Waals surface area contributed by atoms with E-state index in [-0.39, 0.29) is 11.6 Å². The summed E-state index contributed by atoms with van der Waals surface area (Å²) < 4.78 is 25.0. The molecule has 0 saturated heterocycles. The number of hydrogen-bond donors (Lipinski definition) is 1. The lowest BCUT2D eigenvalue weighted by Gasteiger charge is -2.12. The fourth-order valence-corrected chi connectivity index (χ4v) is 1.61. The molecule has 0 saturated carbocycles. The van der Waals surface area contributed by atoms with Crippen molar-refractivity contribution in [3.63, 3.8) is 0 Å². The Kier molecular flexibility index (Phi) is 5.65. The number of halogens is 2. The van der Waals surface area contributed by atoms with Gasteiger partial charge in [0.05, 0.1) is 6.04 Å². The molecule has 1 aromatic rings. The standard InChI is InChI=1S/C14H17F2N/c1-3-6-13(4-2)17-10-11-7-5-8-12(9-11)14(15)16/h2,5,7-9,13-14,17H,3,6,10H2,1H3. The van der Waals surface area contributed by atoms with E-state index in [1.165, 1.54) is 12.1 Å². The first-order chi connectivity index (χ1) is 8.17. The second kappa shape index (κ2) is 7.03. The molecule has 0 radical (unpaired) electrons. The molecule has 1 atom stereocenters. The van der Waals surface area contributed by atoms with Crippen LogP contribution in [0.15, 0.2) is 24.3 Å². The molecule has 1 unspecified atom stereocenters. The van der Waals surface area contributed by atoms with Crippen LogP contribution in [-0.2, 0) is 6.54 Å².